The topological polar surface area (TPSA) is 0 Å². The van der Waals surface area contributed by atoms with Crippen LogP contribution in [0.25, 0.3) is 6.08 Å². The minimum absolute atomic E-state index is 0.851. The predicted molar refractivity (Wildman–Crippen MR) is 53.4 cm³/mol. The molecule has 1 heteroatoms. The first-order chi connectivity index (χ1) is 5.86. The van der Waals surface area contributed by atoms with E-state index in [1.165, 1.54) is 24.0 Å². The highest BCUT2D eigenvalue weighted by Crippen LogP contribution is 2.22. The van der Waals surface area contributed by atoms with E-state index in [1.54, 1.807) is 0 Å². The third kappa shape index (κ3) is 1.54. The second kappa shape index (κ2) is 3.32. The van der Waals surface area contributed by atoms with Gasteiger partial charge in [0.1, 0.15) is 0 Å². The monoisotopic (exact) mass is 178 g/mol. The van der Waals surface area contributed by atoms with Crippen LogP contribution in [0.1, 0.15) is 24.0 Å². The second-order valence-electron chi connectivity index (χ2n) is 3.14. The minimum atomic E-state index is 0.851. The van der Waals surface area contributed by atoms with E-state index in [2.05, 4.69) is 24.3 Å². The summed E-state index contributed by atoms with van der Waals surface area (Å²) in [5.74, 6) is 0. The van der Waals surface area contributed by atoms with Crippen LogP contribution in [0.3, 0.4) is 0 Å². The first-order valence-corrected chi connectivity index (χ1v) is 4.69. The lowest BCUT2D eigenvalue weighted by molar-refractivity contribution is 0.851. The van der Waals surface area contributed by atoms with Crippen LogP contribution in [0.5, 0.6) is 0 Å². The van der Waals surface area contributed by atoms with Gasteiger partial charge in [-0.3, -0.25) is 0 Å². The van der Waals surface area contributed by atoms with Crippen molar-refractivity contribution >= 4 is 17.7 Å². The summed E-state index contributed by atoms with van der Waals surface area (Å²) in [7, 11) is 0. The number of halogens is 1. The van der Waals surface area contributed by atoms with E-state index < -0.39 is 0 Å². The molecule has 12 heavy (non-hydrogen) atoms. The highest BCUT2D eigenvalue weighted by molar-refractivity contribution is 6.30. The Morgan fingerprint density at radius 1 is 1.25 bits per heavy atom. The fourth-order valence-corrected chi connectivity index (χ4v) is 1.77. The average molecular weight is 179 g/mol. The number of aryl methyl sites for hydroxylation is 1. The van der Waals surface area contributed by atoms with Gasteiger partial charge in [0.25, 0.3) is 0 Å². The quantitative estimate of drug-likeness (QED) is 0.569. The smallest absolute Gasteiger partial charge is 0.0409 e. The standard InChI is InChI=1S/C11H11Cl/c12-11-7-6-9-4-2-1-3-5-10(9)8-11/h2,4,6-8H,1,3,5H2. The summed E-state index contributed by atoms with van der Waals surface area (Å²) in [6.45, 7) is 0. The summed E-state index contributed by atoms with van der Waals surface area (Å²) in [5.41, 5.74) is 2.72. The Bertz CT molecular complexity index is 313. The average Bonchev–Trinajstić information content (AvgIpc) is 2.28. The first kappa shape index (κ1) is 7.88. The molecule has 0 fully saturated rings. The molecule has 0 saturated carbocycles. The SMILES string of the molecule is Clc1ccc2c(c1)CCCC=C2. The minimum Gasteiger partial charge on any atom is -0.0843 e. The van der Waals surface area contributed by atoms with Gasteiger partial charge < -0.3 is 0 Å². The molecule has 0 aliphatic heterocycles. The van der Waals surface area contributed by atoms with Crippen molar-refractivity contribution in [2.24, 2.45) is 0 Å². The van der Waals surface area contributed by atoms with Crippen molar-refractivity contribution in [2.45, 2.75) is 19.3 Å². The van der Waals surface area contributed by atoms with E-state index in [4.69, 9.17) is 11.6 Å². The van der Waals surface area contributed by atoms with Crippen molar-refractivity contribution in [1.82, 2.24) is 0 Å². The second-order valence-corrected chi connectivity index (χ2v) is 3.57. The molecule has 0 heterocycles. The lowest BCUT2D eigenvalue weighted by Crippen LogP contribution is -1.86. The summed E-state index contributed by atoms with van der Waals surface area (Å²) >= 11 is 5.91. The summed E-state index contributed by atoms with van der Waals surface area (Å²) in [5, 5.41) is 0.851. The van der Waals surface area contributed by atoms with Crippen molar-refractivity contribution in [1.29, 1.82) is 0 Å². The molecule has 1 aliphatic carbocycles. The van der Waals surface area contributed by atoms with Gasteiger partial charge in [0.2, 0.25) is 0 Å². The Morgan fingerprint density at radius 2 is 2.17 bits per heavy atom. The number of hydrogen-bond acceptors (Lipinski definition) is 0. The van der Waals surface area contributed by atoms with Gasteiger partial charge in [0.05, 0.1) is 0 Å². The van der Waals surface area contributed by atoms with Crippen LogP contribution >= 0.6 is 11.6 Å². The van der Waals surface area contributed by atoms with Crippen molar-refractivity contribution in [2.75, 3.05) is 0 Å². The van der Waals surface area contributed by atoms with Gasteiger partial charge in [0, 0.05) is 5.02 Å². The highest BCUT2D eigenvalue weighted by atomic mass is 35.5. The van der Waals surface area contributed by atoms with Gasteiger partial charge in [-0.25, -0.2) is 0 Å². The van der Waals surface area contributed by atoms with E-state index >= 15 is 0 Å². The first-order valence-electron chi connectivity index (χ1n) is 4.31. The fraction of sp³-hybridized carbons (Fsp3) is 0.273. The van der Waals surface area contributed by atoms with Crippen molar-refractivity contribution < 1.29 is 0 Å². The zero-order valence-electron chi connectivity index (χ0n) is 6.89. The Morgan fingerprint density at radius 3 is 3.08 bits per heavy atom. The van der Waals surface area contributed by atoms with E-state index in [9.17, 15) is 0 Å². The van der Waals surface area contributed by atoms with Crippen molar-refractivity contribution in [3.8, 4) is 0 Å². The maximum Gasteiger partial charge on any atom is 0.0409 e. The van der Waals surface area contributed by atoms with E-state index in [-0.39, 0.29) is 0 Å². The molecule has 0 nitrogen and oxygen atoms in total. The van der Waals surface area contributed by atoms with Gasteiger partial charge >= 0.3 is 0 Å². The summed E-state index contributed by atoms with van der Waals surface area (Å²) in [4.78, 5) is 0. The third-order valence-corrected chi connectivity index (χ3v) is 2.45. The molecule has 0 spiro atoms. The van der Waals surface area contributed by atoms with Crippen LogP contribution < -0.4 is 0 Å². The Labute approximate surface area is 77.9 Å². The number of benzene rings is 1. The van der Waals surface area contributed by atoms with Crippen LogP contribution in [0.4, 0.5) is 0 Å². The van der Waals surface area contributed by atoms with Gasteiger partial charge in [0.15, 0.2) is 0 Å². The van der Waals surface area contributed by atoms with Crippen LogP contribution in [0.15, 0.2) is 24.3 Å². The Hall–Kier alpha value is -0.750. The number of rotatable bonds is 0. The van der Waals surface area contributed by atoms with Crippen molar-refractivity contribution in [3.63, 3.8) is 0 Å². The van der Waals surface area contributed by atoms with Gasteiger partial charge in [-0.1, -0.05) is 29.8 Å². The molecule has 0 unspecified atom stereocenters. The number of hydrogen-bond donors (Lipinski definition) is 0. The molecule has 1 aliphatic rings. The Kier molecular flexibility index (Phi) is 2.18. The lowest BCUT2D eigenvalue weighted by Gasteiger charge is -2.02. The molecule has 0 aromatic heterocycles. The maximum atomic E-state index is 5.91. The predicted octanol–water partition coefficient (Wildman–Crippen LogP) is 3.69. The molecule has 0 saturated heterocycles. The molecule has 1 aromatic rings. The van der Waals surface area contributed by atoms with Crippen LogP contribution in [-0.4, -0.2) is 0 Å². The third-order valence-electron chi connectivity index (χ3n) is 2.22. The fourth-order valence-electron chi connectivity index (χ4n) is 1.57. The maximum absolute atomic E-state index is 5.91. The molecule has 2 rings (SSSR count). The molecule has 0 N–H and O–H groups in total. The van der Waals surface area contributed by atoms with Crippen LogP contribution in [0.2, 0.25) is 5.02 Å². The molecule has 0 radical (unpaired) electrons. The molecule has 0 amide bonds. The molecule has 0 bridgehead atoms. The lowest BCUT2D eigenvalue weighted by atomic mass is 10.0. The van der Waals surface area contributed by atoms with E-state index in [1.807, 2.05) is 6.07 Å². The van der Waals surface area contributed by atoms with E-state index in [0.29, 0.717) is 0 Å². The zero-order valence-corrected chi connectivity index (χ0v) is 7.64. The number of allylic oxidation sites excluding steroid dienone is 1. The Balaban J connectivity index is 2.46. The summed E-state index contributed by atoms with van der Waals surface area (Å²) < 4.78 is 0. The number of fused-ring (bicyclic) bond motifs is 1. The molecule has 1 aromatic carbocycles. The van der Waals surface area contributed by atoms with Gasteiger partial charge in [-0.15, -0.1) is 0 Å². The zero-order chi connectivity index (χ0) is 8.39. The molecule has 0 atom stereocenters. The summed E-state index contributed by atoms with van der Waals surface area (Å²) in [6.07, 6.45) is 8.01. The van der Waals surface area contributed by atoms with Gasteiger partial charge in [-0.05, 0) is 42.5 Å². The summed E-state index contributed by atoms with van der Waals surface area (Å²) in [6, 6.07) is 6.13. The molecule has 62 valence electrons. The van der Waals surface area contributed by atoms with Gasteiger partial charge in [-0.2, -0.15) is 0 Å². The van der Waals surface area contributed by atoms with E-state index in [0.717, 1.165) is 11.4 Å². The van der Waals surface area contributed by atoms with Crippen LogP contribution in [0, 0.1) is 0 Å². The molecular formula is C11H11Cl. The largest absolute Gasteiger partial charge is 0.0843 e. The van der Waals surface area contributed by atoms with Crippen LogP contribution in [-0.2, 0) is 6.42 Å². The normalized spacial score (nSPS) is 15.4. The highest BCUT2D eigenvalue weighted by Gasteiger charge is 2.02. The van der Waals surface area contributed by atoms with Crippen molar-refractivity contribution in [3.05, 3.63) is 40.4 Å². The molecular weight excluding hydrogens is 168 g/mol.